The first-order valence-corrected chi connectivity index (χ1v) is 8.08. The van der Waals surface area contributed by atoms with Gasteiger partial charge in [-0.3, -0.25) is 14.5 Å². The molecule has 9 heteroatoms. The van der Waals surface area contributed by atoms with Crippen LogP contribution in [0.2, 0.25) is 0 Å². The normalized spacial score (nSPS) is 21.0. The Hall–Kier alpha value is -1.19. The van der Waals surface area contributed by atoms with Crippen molar-refractivity contribution >= 4 is 21.7 Å². The number of carboxylic acid groups (broad SMARTS) is 1. The number of rotatable bonds is 8. The van der Waals surface area contributed by atoms with Crippen molar-refractivity contribution < 1.29 is 27.9 Å². The maximum atomic E-state index is 11.7. The molecule has 8 nitrogen and oxygen atoms in total. The molecular weight excluding hydrogens is 288 g/mol. The molecule has 0 aromatic heterocycles. The zero-order valence-electron chi connectivity index (χ0n) is 11.4. The minimum Gasteiger partial charge on any atom is -0.480 e. The molecule has 1 rings (SSSR count). The summed E-state index contributed by atoms with van der Waals surface area (Å²) < 4.78 is 27.7. The lowest BCUT2D eigenvalue weighted by Gasteiger charge is -2.25. The molecule has 1 heterocycles. The Balaban J connectivity index is 2.56. The van der Waals surface area contributed by atoms with Crippen molar-refractivity contribution in [3.8, 4) is 0 Å². The third kappa shape index (κ3) is 5.85. The van der Waals surface area contributed by atoms with Crippen molar-refractivity contribution in [3.63, 3.8) is 0 Å². The summed E-state index contributed by atoms with van der Waals surface area (Å²) in [6.45, 7) is 0.218. The predicted octanol–water partition coefficient (Wildman–Crippen LogP) is -1.68. The summed E-state index contributed by atoms with van der Waals surface area (Å²) in [5.74, 6) is -1.48. The van der Waals surface area contributed by atoms with Crippen LogP contribution < -0.4 is 5.32 Å². The van der Waals surface area contributed by atoms with Crippen molar-refractivity contribution in [1.82, 2.24) is 10.2 Å². The molecule has 1 unspecified atom stereocenters. The van der Waals surface area contributed by atoms with Gasteiger partial charge in [-0.2, -0.15) is 0 Å². The third-order valence-corrected chi connectivity index (χ3v) is 4.79. The number of aliphatic carboxylic acids is 1. The van der Waals surface area contributed by atoms with Crippen molar-refractivity contribution in [3.05, 3.63) is 0 Å². The summed E-state index contributed by atoms with van der Waals surface area (Å²) in [7, 11) is -1.61. The SMILES string of the molecule is COCCNC(=O)CN(CC(=O)O)C1CCS(=O)(=O)C1. The molecule has 20 heavy (non-hydrogen) atoms. The summed E-state index contributed by atoms with van der Waals surface area (Å²) in [6, 6.07) is -0.413. The summed E-state index contributed by atoms with van der Waals surface area (Å²) in [6.07, 6.45) is 0.362. The first-order valence-electron chi connectivity index (χ1n) is 6.26. The van der Waals surface area contributed by atoms with Gasteiger partial charge in [0.1, 0.15) is 0 Å². The van der Waals surface area contributed by atoms with Gasteiger partial charge in [-0.05, 0) is 6.42 Å². The Kier molecular flexibility index (Phi) is 6.37. The van der Waals surface area contributed by atoms with Crippen LogP contribution in [0.3, 0.4) is 0 Å². The molecule has 0 saturated carbocycles. The molecule has 1 aliphatic heterocycles. The predicted molar refractivity (Wildman–Crippen MR) is 71.2 cm³/mol. The molecule has 2 N–H and O–H groups in total. The van der Waals surface area contributed by atoms with Crippen molar-refractivity contribution in [2.24, 2.45) is 0 Å². The number of amides is 1. The Morgan fingerprint density at radius 2 is 2.10 bits per heavy atom. The fourth-order valence-corrected chi connectivity index (χ4v) is 3.85. The maximum absolute atomic E-state index is 11.7. The van der Waals surface area contributed by atoms with Crippen LogP contribution in [0, 0.1) is 0 Å². The Bertz CT molecular complexity index is 450. The lowest BCUT2D eigenvalue weighted by molar-refractivity contribution is -0.139. The quantitative estimate of drug-likeness (QED) is 0.515. The highest BCUT2D eigenvalue weighted by Gasteiger charge is 2.33. The molecule has 1 atom stereocenters. The van der Waals surface area contributed by atoms with Crippen molar-refractivity contribution in [2.45, 2.75) is 12.5 Å². The number of carbonyl (C=O) groups is 2. The van der Waals surface area contributed by atoms with Gasteiger partial charge in [-0.1, -0.05) is 0 Å². The first-order chi connectivity index (χ1) is 9.34. The minimum absolute atomic E-state index is 0.0408. The lowest BCUT2D eigenvalue weighted by atomic mass is 10.2. The molecule has 0 aliphatic carbocycles. The van der Waals surface area contributed by atoms with E-state index < -0.39 is 21.8 Å². The van der Waals surface area contributed by atoms with Crippen molar-refractivity contribution in [2.75, 3.05) is 44.9 Å². The summed E-state index contributed by atoms with van der Waals surface area (Å²) in [5, 5.41) is 11.4. The number of hydrogen-bond acceptors (Lipinski definition) is 6. The molecule has 0 radical (unpaired) electrons. The highest BCUT2D eigenvalue weighted by Crippen LogP contribution is 2.17. The second kappa shape index (κ2) is 7.55. The van der Waals surface area contributed by atoms with E-state index in [4.69, 9.17) is 9.84 Å². The fraction of sp³-hybridized carbons (Fsp3) is 0.818. The molecule has 1 saturated heterocycles. The molecule has 0 bridgehead atoms. The largest absolute Gasteiger partial charge is 0.480 e. The number of sulfone groups is 1. The number of methoxy groups -OCH3 is 1. The highest BCUT2D eigenvalue weighted by atomic mass is 32.2. The fourth-order valence-electron chi connectivity index (χ4n) is 2.08. The van der Waals surface area contributed by atoms with Crippen LogP contribution in [-0.4, -0.2) is 81.2 Å². The smallest absolute Gasteiger partial charge is 0.317 e. The van der Waals surface area contributed by atoms with E-state index in [0.29, 0.717) is 19.6 Å². The van der Waals surface area contributed by atoms with Gasteiger partial charge in [0.2, 0.25) is 5.91 Å². The average molecular weight is 308 g/mol. The second-order valence-corrected chi connectivity index (χ2v) is 6.93. The van der Waals surface area contributed by atoms with Crippen LogP contribution in [0.25, 0.3) is 0 Å². The van der Waals surface area contributed by atoms with Gasteiger partial charge in [-0.25, -0.2) is 8.42 Å². The van der Waals surface area contributed by atoms with Crippen LogP contribution >= 0.6 is 0 Å². The van der Waals surface area contributed by atoms with Crippen LogP contribution in [0.15, 0.2) is 0 Å². The van der Waals surface area contributed by atoms with Crippen LogP contribution in [0.5, 0.6) is 0 Å². The van der Waals surface area contributed by atoms with Gasteiger partial charge in [-0.15, -0.1) is 0 Å². The molecule has 1 aliphatic rings. The number of carbonyl (C=O) groups excluding carboxylic acids is 1. The van der Waals surface area contributed by atoms with E-state index in [1.54, 1.807) is 0 Å². The Morgan fingerprint density at radius 3 is 2.60 bits per heavy atom. The summed E-state index contributed by atoms with van der Waals surface area (Å²) in [5.41, 5.74) is 0. The summed E-state index contributed by atoms with van der Waals surface area (Å²) >= 11 is 0. The van der Waals surface area contributed by atoms with Gasteiger partial charge < -0.3 is 15.2 Å². The van der Waals surface area contributed by atoms with Gasteiger partial charge >= 0.3 is 5.97 Å². The van der Waals surface area contributed by atoms with E-state index >= 15 is 0 Å². The number of ether oxygens (including phenoxy) is 1. The van der Waals surface area contributed by atoms with E-state index in [9.17, 15) is 18.0 Å². The van der Waals surface area contributed by atoms with E-state index in [-0.39, 0.29) is 30.5 Å². The standard InChI is InChI=1S/C11H20N2O6S/c1-19-4-3-12-10(14)6-13(7-11(15)16)9-2-5-20(17,18)8-9/h9H,2-8H2,1H3,(H,12,14)(H,15,16). The maximum Gasteiger partial charge on any atom is 0.317 e. The summed E-state index contributed by atoms with van der Waals surface area (Å²) in [4.78, 5) is 23.9. The Labute approximate surface area is 118 Å². The van der Waals surface area contributed by atoms with E-state index in [2.05, 4.69) is 5.32 Å². The molecule has 0 aromatic rings. The molecule has 0 aromatic carbocycles. The number of nitrogens with one attached hydrogen (secondary N) is 1. The van der Waals surface area contributed by atoms with E-state index in [1.807, 2.05) is 0 Å². The van der Waals surface area contributed by atoms with Crippen molar-refractivity contribution in [1.29, 1.82) is 0 Å². The molecule has 0 spiro atoms. The first kappa shape index (κ1) is 16.9. The van der Waals surface area contributed by atoms with Gasteiger partial charge in [0.15, 0.2) is 9.84 Å². The number of carboxylic acids is 1. The highest BCUT2D eigenvalue weighted by molar-refractivity contribution is 7.91. The van der Waals surface area contributed by atoms with Crippen LogP contribution in [0.1, 0.15) is 6.42 Å². The average Bonchev–Trinajstić information content (AvgIpc) is 2.68. The molecule has 1 fully saturated rings. The number of nitrogens with zero attached hydrogens (tertiary/aromatic N) is 1. The number of hydrogen-bond donors (Lipinski definition) is 2. The molecule has 1 amide bonds. The topological polar surface area (TPSA) is 113 Å². The van der Waals surface area contributed by atoms with Gasteiger partial charge in [0, 0.05) is 19.7 Å². The monoisotopic (exact) mass is 308 g/mol. The van der Waals surface area contributed by atoms with Gasteiger partial charge in [0.05, 0.1) is 31.2 Å². The lowest BCUT2D eigenvalue weighted by Crippen LogP contribution is -2.46. The van der Waals surface area contributed by atoms with E-state index in [0.717, 1.165) is 0 Å². The van der Waals surface area contributed by atoms with E-state index in [1.165, 1.54) is 12.0 Å². The third-order valence-electron chi connectivity index (χ3n) is 3.04. The van der Waals surface area contributed by atoms with Crippen LogP contribution in [0.4, 0.5) is 0 Å². The second-order valence-electron chi connectivity index (χ2n) is 4.70. The molecule has 116 valence electrons. The zero-order chi connectivity index (χ0) is 15.2. The minimum atomic E-state index is -3.12. The van der Waals surface area contributed by atoms with Crippen LogP contribution in [-0.2, 0) is 24.2 Å². The zero-order valence-corrected chi connectivity index (χ0v) is 12.2. The van der Waals surface area contributed by atoms with Gasteiger partial charge in [0.25, 0.3) is 0 Å². The Morgan fingerprint density at radius 1 is 1.40 bits per heavy atom. The molecular formula is C11H20N2O6S.